The number of esters is 1. The van der Waals surface area contributed by atoms with E-state index in [4.69, 9.17) is 9.47 Å². The van der Waals surface area contributed by atoms with Gasteiger partial charge in [0, 0.05) is 5.56 Å². The summed E-state index contributed by atoms with van der Waals surface area (Å²) in [5.74, 6) is 3.54. The maximum absolute atomic E-state index is 12.0. The molecule has 4 aliphatic rings. The first kappa shape index (κ1) is 28.3. The van der Waals surface area contributed by atoms with E-state index in [1.165, 1.54) is 107 Å². The molecule has 0 N–H and O–H groups in total. The summed E-state index contributed by atoms with van der Waals surface area (Å²) in [5.41, 5.74) is 4.86. The molecule has 4 bridgehead atoms. The number of rotatable bonds is 13. The number of methoxy groups -OCH3 is 1. The van der Waals surface area contributed by atoms with Crippen LogP contribution < -0.4 is 4.74 Å². The predicted molar refractivity (Wildman–Crippen MR) is 169 cm³/mol. The number of ether oxygens (including phenoxy) is 2. The van der Waals surface area contributed by atoms with E-state index in [1.54, 1.807) is 0 Å². The van der Waals surface area contributed by atoms with Crippen LogP contribution in [0.5, 0.6) is 5.75 Å². The third-order valence-electron chi connectivity index (χ3n) is 10.4. The van der Waals surface area contributed by atoms with E-state index in [0.717, 1.165) is 47.3 Å². The summed E-state index contributed by atoms with van der Waals surface area (Å²) in [5, 5.41) is 2.20. The van der Waals surface area contributed by atoms with Gasteiger partial charge >= 0.3 is 5.97 Å². The first-order chi connectivity index (χ1) is 20.1. The van der Waals surface area contributed by atoms with Crippen LogP contribution in [-0.4, -0.2) is 19.7 Å². The van der Waals surface area contributed by atoms with Crippen LogP contribution >= 0.6 is 0 Å². The lowest BCUT2D eigenvalue weighted by Gasteiger charge is -2.57. The number of hydrogen-bond donors (Lipinski definition) is 0. The Kier molecular flexibility index (Phi) is 8.70. The van der Waals surface area contributed by atoms with Gasteiger partial charge in [0.1, 0.15) is 5.75 Å². The molecule has 41 heavy (non-hydrogen) atoms. The lowest BCUT2D eigenvalue weighted by atomic mass is 9.48. The molecule has 0 aromatic heterocycles. The zero-order valence-electron chi connectivity index (χ0n) is 25.3. The molecule has 218 valence electrons. The molecule has 3 heteroatoms. The molecule has 0 amide bonds. The van der Waals surface area contributed by atoms with Crippen LogP contribution in [0.25, 0.3) is 21.9 Å². The van der Waals surface area contributed by atoms with Gasteiger partial charge in [-0.15, -0.1) is 0 Å². The molecular weight excluding hydrogens is 504 g/mol. The zero-order valence-corrected chi connectivity index (χ0v) is 25.3. The average Bonchev–Trinajstić information content (AvgIpc) is 2.98. The minimum absolute atomic E-state index is 0.283. The van der Waals surface area contributed by atoms with Crippen LogP contribution in [0.2, 0.25) is 0 Å². The number of carbonyl (C=O) groups excluding carboxylic acids is 1. The first-order valence-corrected chi connectivity index (χ1v) is 16.5. The van der Waals surface area contributed by atoms with Gasteiger partial charge in [0.2, 0.25) is 0 Å². The molecule has 4 fully saturated rings. The molecule has 7 rings (SSSR count). The van der Waals surface area contributed by atoms with Crippen molar-refractivity contribution in [1.29, 1.82) is 0 Å². The molecule has 0 saturated heterocycles. The van der Waals surface area contributed by atoms with Gasteiger partial charge in [-0.3, -0.25) is 0 Å². The van der Waals surface area contributed by atoms with Crippen molar-refractivity contribution < 1.29 is 14.3 Å². The van der Waals surface area contributed by atoms with Crippen molar-refractivity contribution in [2.24, 2.45) is 17.8 Å². The molecule has 0 unspecified atom stereocenters. The third-order valence-corrected chi connectivity index (χ3v) is 10.4. The fraction of sp³-hybridized carbons (Fsp3) is 0.553. The highest BCUT2D eigenvalue weighted by molar-refractivity contribution is 5.96. The molecule has 0 aliphatic heterocycles. The molecule has 3 aromatic rings. The van der Waals surface area contributed by atoms with E-state index in [-0.39, 0.29) is 11.4 Å². The second-order valence-corrected chi connectivity index (χ2v) is 13.5. The fourth-order valence-corrected chi connectivity index (χ4v) is 8.78. The van der Waals surface area contributed by atoms with Crippen molar-refractivity contribution in [3.63, 3.8) is 0 Å². The molecule has 3 nitrogen and oxygen atoms in total. The monoisotopic (exact) mass is 552 g/mol. The lowest BCUT2D eigenvalue weighted by Crippen LogP contribution is -2.48. The summed E-state index contributed by atoms with van der Waals surface area (Å²) in [6.07, 6.45) is 18.9. The Morgan fingerprint density at radius 3 is 2.00 bits per heavy atom. The molecule has 3 aromatic carbocycles. The highest BCUT2D eigenvalue weighted by Gasteiger charge is 2.52. The van der Waals surface area contributed by atoms with Crippen LogP contribution in [0.4, 0.5) is 0 Å². The second-order valence-electron chi connectivity index (χ2n) is 13.5. The number of carbonyl (C=O) groups is 1. The van der Waals surface area contributed by atoms with Crippen LogP contribution in [0.3, 0.4) is 0 Å². The van der Waals surface area contributed by atoms with Crippen molar-refractivity contribution in [2.45, 2.75) is 102 Å². The summed E-state index contributed by atoms with van der Waals surface area (Å²) in [4.78, 5) is 12.0. The topological polar surface area (TPSA) is 35.5 Å². The van der Waals surface area contributed by atoms with Crippen molar-refractivity contribution in [3.05, 3.63) is 65.7 Å². The largest absolute Gasteiger partial charge is 0.493 e. The molecule has 0 heterocycles. The molecular formula is C38H48O3. The summed E-state index contributed by atoms with van der Waals surface area (Å²) in [6.45, 7) is 3.11. The van der Waals surface area contributed by atoms with Gasteiger partial charge in [0.25, 0.3) is 0 Å². The van der Waals surface area contributed by atoms with Gasteiger partial charge in [-0.25, -0.2) is 4.79 Å². The second kappa shape index (κ2) is 12.6. The van der Waals surface area contributed by atoms with Crippen LogP contribution in [0.15, 0.2) is 54.6 Å². The average molecular weight is 553 g/mol. The zero-order chi connectivity index (χ0) is 28.2. The van der Waals surface area contributed by atoms with Gasteiger partial charge in [0.05, 0.1) is 19.3 Å². The Hall–Kier alpha value is -2.81. The number of hydrogen-bond acceptors (Lipinski definition) is 3. The van der Waals surface area contributed by atoms with E-state index in [1.807, 2.05) is 18.2 Å². The normalized spacial score (nSPS) is 24.6. The molecule has 0 spiro atoms. The first-order valence-electron chi connectivity index (χ1n) is 16.5. The van der Waals surface area contributed by atoms with Crippen LogP contribution in [-0.2, 0) is 10.2 Å². The van der Waals surface area contributed by atoms with Crippen molar-refractivity contribution >= 4 is 16.7 Å². The van der Waals surface area contributed by atoms with E-state index in [0.29, 0.717) is 5.56 Å². The summed E-state index contributed by atoms with van der Waals surface area (Å²) in [6, 6.07) is 19.4. The minimum atomic E-state index is -0.293. The Morgan fingerprint density at radius 1 is 0.732 bits per heavy atom. The van der Waals surface area contributed by atoms with Gasteiger partial charge in [0.15, 0.2) is 0 Å². The van der Waals surface area contributed by atoms with Gasteiger partial charge < -0.3 is 9.47 Å². The highest BCUT2D eigenvalue weighted by Crippen LogP contribution is 2.62. The number of fused-ring (bicyclic) bond motifs is 1. The molecule has 0 radical (unpaired) electrons. The fourth-order valence-electron chi connectivity index (χ4n) is 8.78. The van der Waals surface area contributed by atoms with Crippen LogP contribution in [0, 0.1) is 17.8 Å². The van der Waals surface area contributed by atoms with Crippen molar-refractivity contribution in [2.75, 3.05) is 13.7 Å². The summed E-state index contributed by atoms with van der Waals surface area (Å²) < 4.78 is 11.6. The van der Waals surface area contributed by atoms with Gasteiger partial charge in [-0.05, 0) is 120 Å². The SMILES string of the molecule is CCCCCCCCCCOc1ccc(-c2ccc3cc(C(=O)OC)ccc3c2)cc1C12CC3CC(CC(C3)C1)C2. The standard InChI is InChI=1S/C38H48O3/c1-3-4-5-6-7-8-9-10-17-41-36-16-15-33(23-35(36)38-24-27-18-28(25-38)20-29(19-27)26-38)31-11-12-32-22-34(37(39)40-2)14-13-30(32)21-31/h11-16,21-23,27-29H,3-10,17-20,24-26H2,1-2H3. The maximum Gasteiger partial charge on any atom is 0.337 e. The summed E-state index contributed by atoms with van der Waals surface area (Å²) in [7, 11) is 1.43. The Balaban J connectivity index is 1.23. The quantitative estimate of drug-likeness (QED) is 0.156. The molecule has 4 saturated carbocycles. The van der Waals surface area contributed by atoms with Crippen LogP contribution in [0.1, 0.15) is 113 Å². The molecule has 0 atom stereocenters. The lowest BCUT2D eigenvalue weighted by molar-refractivity contribution is -0.00638. The smallest absolute Gasteiger partial charge is 0.337 e. The Morgan fingerprint density at radius 2 is 1.32 bits per heavy atom. The van der Waals surface area contributed by atoms with Gasteiger partial charge in [-0.1, -0.05) is 76.1 Å². The summed E-state index contributed by atoms with van der Waals surface area (Å²) >= 11 is 0. The van der Waals surface area contributed by atoms with E-state index in [2.05, 4.69) is 43.3 Å². The van der Waals surface area contributed by atoms with Crippen molar-refractivity contribution in [3.8, 4) is 16.9 Å². The Bertz CT molecular complexity index is 1320. The third kappa shape index (κ3) is 6.20. The van der Waals surface area contributed by atoms with E-state index in [9.17, 15) is 4.79 Å². The van der Waals surface area contributed by atoms with Gasteiger partial charge in [-0.2, -0.15) is 0 Å². The predicted octanol–water partition coefficient (Wildman–Crippen LogP) is 10.3. The number of unbranched alkanes of at least 4 members (excludes halogenated alkanes) is 7. The molecule has 4 aliphatic carbocycles. The number of benzene rings is 3. The maximum atomic E-state index is 12.0. The minimum Gasteiger partial charge on any atom is -0.493 e. The van der Waals surface area contributed by atoms with Crippen molar-refractivity contribution in [1.82, 2.24) is 0 Å². The highest BCUT2D eigenvalue weighted by atomic mass is 16.5. The van der Waals surface area contributed by atoms with E-state index < -0.39 is 0 Å². The Labute approximate surface area is 247 Å². The van der Waals surface area contributed by atoms with E-state index >= 15 is 0 Å².